The molecule has 1 heterocycles. The molecule has 0 atom stereocenters. The molecular weight excluding hydrogens is 216 g/mol. The fraction of sp³-hybridized carbons (Fsp3) is 0.231. The summed E-state index contributed by atoms with van der Waals surface area (Å²) in [6.07, 6.45) is 0. The minimum atomic E-state index is -0.424. The molecule has 0 spiro atoms. The number of aromatic nitrogens is 1. The van der Waals surface area contributed by atoms with Crippen LogP contribution in [0.2, 0.25) is 0 Å². The van der Waals surface area contributed by atoms with Crippen molar-refractivity contribution in [2.45, 2.75) is 6.92 Å². The number of ether oxygens (including phenoxy) is 1. The van der Waals surface area contributed by atoms with Crippen LogP contribution < -0.4 is 5.32 Å². The van der Waals surface area contributed by atoms with Gasteiger partial charge in [-0.2, -0.15) is 0 Å². The molecular formula is C13H14N2O2. The van der Waals surface area contributed by atoms with Gasteiger partial charge in [0, 0.05) is 18.1 Å². The van der Waals surface area contributed by atoms with E-state index in [1.54, 1.807) is 6.07 Å². The van der Waals surface area contributed by atoms with Gasteiger partial charge in [0.05, 0.1) is 12.6 Å². The predicted octanol–water partition coefficient (Wildman–Crippen LogP) is 2.37. The Morgan fingerprint density at radius 3 is 2.82 bits per heavy atom. The van der Waals surface area contributed by atoms with E-state index in [0.717, 1.165) is 22.2 Å². The molecule has 0 aliphatic heterocycles. The lowest BCUT2D eigenvalue weighted by atomic mass is 10.1. The van der Waals surface area contributed by atoms with E-state index in [9.17, 15) is 4.79 Å². The first kappa shape index (κ1) is 11.4. The van der Waals surface area contributed by atoms with Gasteiger partial charge in [-0.25, -0.2) is 9.78 Å². The van der Waals surface area contributed by atoms with Crippen molar-refractivity contribution in [3.05, 3.63) is 35.5 Å². The summed E-state index contributed by atoms with van der Waals surface area (Å²) in [4.78, 5) is 15.9. The van der Waals surface area contributed by atoms with E-state index in [2.05, 4.69) is 10.3 Å². The molecule has 0 bridgehead atoms. The van der Waals surface area contributed by atoms with E-state index in [1.165, 1.54) is 7.11 Å². The second-order valence-corrected chi connectivity index (χ2v) is 3.77. The molecule has 88 valence electrons. The van der Waals surface area contributed by atoms with E-state index in [1.807, 2.05) is 32.2 Å². The van der Waals surface area contributed by atoms with Crippen molar-refractivity contribution in [2.75, 3.05) is 19.5 Å². The number of anilines is 1. The number of pyridine rings is 1. The minimum Gasteiger partial charge on any atom is -0.464 e. The summed E-state index contributed by atoms with van der Waals surface area (Å²) in [5.74, 6) is -0.424. The molecule has 17 heavy (non-hydrogen) atoms. The summed E-state index contributed by atoms with van der Waals surface area (Å²) < 4.78 is 4.70. The molecule has 0 saturated carbocycles. The van der Waals surface area contributed by atoms with Crippen molar-refractivity contribution in [3.63, 3.8) is 0 Å². The Balaban J connectivity index is 2.76. The first-order valence-corrected chi connectivity index (χ1v) is 5.34. The summed E-state index contributed by atoms with van der Waals surface area (Å²) in [5, 5.41) is 4.07. The highest BCUT2D eigenvalue weighted by atomic mass is 16.5. The van der Waals surface area contributed by atoms with Crippen LogP contribution in [-0.4, -0.2) is 25.1 Å². The first-order valence-electron chi connectivity index (χ1n) is 5.34. The maximum atomic E-state index is 11.5. The molecule has 0 unspecified atom stereocenters. The third kappa shape index (κ3) is 1.93. The highest BCUT2D eigenvalue weighted by Gasteiger charge is 2.12. The van der Waals surface area contributed by atoms with Crippen molar-refractivity contribution in [1.82, 2.24) is 4.98 Å². The first-order chi connectivity index (χ1) is 8.17. The van der Waals surface area contributed by atoms with Gasteiger partial charge in [-0.1, -0.05) is 18.2 Å². The normalized spacial score (nSPS) is 10.3. The van der Waals surface area contributed by atoms with Gasteiger partial charge < -0.3 is 10.1 Å². The van der Waals surface area contributed by atoms with E-state index in [-0.39, 0.29) is 0 Å². The second-order valence-electron chi connectivity index (χ2n) is 3.77. The lowest BCUT2D eigenvalue weighted by Gasteiger charge is -2.09. The topological polar surface area (TPSA) is 51.2 Å². The lowest BCUT2D eigenvalue weighted by molar-refractivity contribution is 0.0594. The number of nitrogens with zero attached hydrogens (tertiary/aromatic N) is 1. The maximum Gasteiger partial charge on any atom is 0.356 e. The summed E-state index contributed by atoms with van der Waals surface area (Å²) in [6.45, 7) is 1.97. The van der Waals surface area contributed by atoms with E-state index < -0.39 is 5.97 Å². The number of hydrogen-bond acceptors (Lipinski definition) is 4. The molecule has 2 aromatic rings. The third-order valence-electron chi connectivity index (χ3n) is 2.71. The van der Waals surface area contributed by atoms with Crippen molar-refractivity contribution in [1.29, 1.82) is 0 Å². The van der Waals surface area contributed by atoms with Gasteiger partial charge in [0.1, 0.15) is 0 Å². The van der Waals surface area contributed by atoms with E-state index in [4.69, 9.17) is 4.74 Å². The van der Waals surface area contributed by atoms with Crippen LogP contribution in [0.3, 0.4) is 0 Å². The van der Waals surface area contributed by atoms with E-state index in [0.29, 0.717) is 5.69 Å². The number of benzene rings is 1. The molecule has 0 radical (unpaired) electrons. The lowest BCUT2D eigenvalue weighted by Crippen LogP contribution is -2.06. The SMILES string of the molecule is CNc1cc(C(=O)OC)nc2c(C)cccc12. The van der Waals surface area contributed by atoms with Gasteiger partial charge >= 0.3 is 5.97 Å². The molecule has 0 fully saturated rings. The number of carbonyl (C=O) groups excluding carboxylic acids is 1. The van der Waals surface area contributed by atoms with Crippen LogP contribution in [0.4, 0.5) is 5.69 Å². The van der Waals surface area contributed by atoms with Gasteiger partial charge in [-0.15, -0.1) is 0 Å². The summed E-state index contributed by atoms with van der Waals surface area (Å²) in [6, 6.07) is 7.61. The van der Waals surface area contributed by atoms with Crippen molar-refractivity contribution < 1.29 is 9.53 Å². The Morgan fingerprint density at radius 2 is 2.18 bits per heavy atom. The van der Waals surface area contributed by atoms with Gasteiger partial charge in [0.15, 0.2) is 5.69 Å². The molecule has 0 amide bonds. The smallest absolute Gasteiger partial charge is 0.356 e. The zero-order chi connectivity index (χ0) is 12.4. The van der Waals surface area contributed by atoms with Gasteiger partial charge in [-0.3, -0.25) is 0 Å². The number of aryl methyl sites for hydroxylation is 1. The fourth-order valence-corrected chi connectivity index (χ4v) is 1.81. The standard InChI is InChI=1S/C13H14N2O2/c1-8-5-4-6-9-10(14-2)7-11(13(16)17-3)15-12(8)9/h4-7H,1-3H3,(H,14,15). The summed E-state index contributed by atoms with van der Waals surface area (Å²) in [5.41, 5.74) is 3.04. The van der Waals surface area contributed by atoms with Crippen LogP contribution in [0.5, 0.6) is 0 Å². The second kappa shape index (κ2) is 4.41. The molecule has 1 aromatic carbocycles. The molecule has 0 aliphatic carbocycles. The Hall–Kier alpha value is -2.10. The van der Waals surface area contributed by atoms with Crippen LogP contribution in [0.25, 0.3) is 10.9 Å². The number of hydrogen-bond donors (Lipinski definition) is 1. The van der Waals surface area contributed by atoms with Crippen LogP contribution >= 0.6 is 0 Å². The van der Waals surface area contributed by atoms with Crippen molar-refractivity contribution in [2.24, 2.45) is 0 Å². The van der Waals surface area contributed by atoms with Gasteiger partial charge in [0.25, 0.3) is 0 Å². The molecule has 4 heteroatoms. The van der Waals surface area contributed by atoms with Crippen LogP contribution in [-0.2, 0) is 4.74 Å². The average Bonchev–Trinajstić information content (AvgIpc) is 2.37. The molecule has 0 saturated heterocycles. The van der Waals surface area contributed by atoms with Crippen molar-refractivity contribution in [3.8, 4) is 0 Å². The van der Waals surface area contributed by atoms with E-state index >= 15 is 0 Å². The Kier molecular flexibility index (Phi) is 2.95. The molecule has 2 rings (SSSR count). The largest absolute Gasteiger partial charge is 0.464 e. The zero-order valence-corrected chi connectivity index (χ0v) is 10.1. The number of para-hydroxylation sites is 1. The third-order valence-corrected chi connectivity index (χ3v) is 2.71. The highest BCUT2D eigenvalue weighted by Crippen LogP contribution is 2.25. The summed E-state index contributed by atoms with van der Waals surface area (Å²) in [7, 11) is 3.17. The molecule has 1 N–H and O–H groups in total. The number of methoxy groups -OCH3 is 1. The molecule has 4 nitrogen and oxygen atoms in total. The van der Waals surface area contributed by atoms with Crippen LogP contribution in [0.1, 0.15) is 16.1 Å². The minimum absolute atomic E-state index is 0.318. The number of esters is 1. The number of carbonyl (C=O) groups is 1. The summed E-state index contributed by atoms with van der Waals surface area (Å²) >= 11 is 0. The average molecular weight is 230 g/mol. The fourth-order valence-electron chi connectivity index (χ4n) is 1.81. The quantitative estimate of drug-likeness (QED) is 0.805. The van der Waals surface area contributed by atoms with Crippen LogP contribution in [0.15, 0.2) is 24.3 Å². The predicted molar refractivity (Wildman–Crippen MR) is 67.4 cm³/mol. The Morgan fingerprint density at radius 1 is 1.41 bits per heavy atom. The monoisotopic (exact) mass is 230 g/mol. The maximum absolute atomic E-state index is 11.5. The Labute approximate surface area is 99.6 Å². The number of rotatable bonds is 2. The number of nitrogens with one attached hydrogen (secondary N) is 1. The molecule has 1 aromatic heterocycles. The zero-order valence-electron chi connectivity index (χ0n) is 10.1. The highest BCUT2D eigenvalue weighted by molar-refractivity contribution is 5.98. The molecule has 0 aliphatic rings. The Bertz CT molecular complexity index is 579. The number of fused-ring (bicyclic) bond motifs is 1. The van der Waals surface area contributed by atoms with Crippen molar-refractivity contribution >= 4 is 22.6 Å². The van der Waals surface area contributed by atoms with Gasteiger partial charge in [0.2, 0.25) is 0 Å². The van der Waals surface area contributed by atoms with Crippen LogP contribution in [0, 0.1) is 6.92 Å². The van der Waals surface area contributed by atoms with Gasteiger partial charge in [-0.05, 0) is 18.6 Å².